The second-order valence-electron chi connectivity index (χ2n) is 38.9. The number of aromatic nitrogens is 8. The van der Waals surface area contributed by atoms with Gasteiger partial charge in [-0.25, -0.2) is 39.1 Å². The maximum absolute atomic E-state index is 14.0. The molecule has 8 fully saturated rings. The van der Waals surface area contributed by atoms with E-state index in [0.717, 1.165) is 190 Å². The zero-order valence-corrected chi connectivity index (χ0v) is 77.5. The number of nitrogens with zero attached hydrogens (tertiary/aromatic N) is 10. The van der Waals surface area contributed by atoms with Crippen LogP contribution in [0.2, 0.25) is 0 Å². The number of alkyl carbamates (subject to hydrolysis) is 3. The molecule has 4 aromatic heterocycles. The van der Waals surface area contributed by atoms with Gasteiger partial charge in [-0.2, -0.15) is 10.5 Å². The number of methoxy groups -OCH3 is 4. The van der Waals surface area contributed by atoms with Gasteiger partial charge in [0, 0.05) is 49.1 Å². The Kier molecular flexibility index (Phi) is 27.2. The van der Waals surface area contributed by atoms with Crippen molar-refractivity contribution in [3.8, 4) is 79.4 Å². The number of fused-ring (bicyclic) bond motifs is 6. The fraction of sp³-hybridized carbons (Fsp3) is 0.461. The molecule has 0 radical (unpaired) electrons. The van der Waals surface area contributed by atoms with Gasteiger partial charge in [-0.15, -0.1) is 0 Å². The standard InChI is InChI=1S/C48H53N9O6.C46H53N7O5.C8H11NO4/c1-27(2)40(55-47(61)63-4)45(59)57-35-16-15-34(22-35)41(57)43-51-24-37(53-43)29-9-7-28(8-10-29)30-11-12-32-21-33(14-13-31(32)20-30)38-25-50-42(52-38)39-23-48(17-18-48)26-56(39)44(58)36(6-5-19-49)54-46(60)62-3;1-26(2)38(51-43(55)57-6)42(54)53-34-16-15-33(21-34)39(53)41-48-23-35(50-41)28-9-7-27(8-10-28)29-11-12-31-20-32(14-13-30(31)19-29)36-24-47-40(49-36)37-22-46(17-18-46)25-52(37)44(56)58-45(3,4)5;1-13-7(10)5-6(8(11)12)3-2-4-9/h7-14,20-21,24-25,27,34-36,39-41H,5-6,15-18,22-23,26H2,1-4H3,(H,50,52)(H,51,53)(H,54,60)(H,55,61);7-14,19-20,23-24,26,33-34,37-39H,15-18,21-22,25H2,1-6H3,(H,47,49)(H,48,50)(H,51,55);6H,2-3,5H2,1H3,(H,11,12)/t34-,35+,36-,39-,40-,41-;33-,34+,37-,38-,39-;6-/m001/s1. The molecule has 8 N–H and O–H groups in total. The van der Waals surface area contributed by atoms with Gasteiger partial charge in [0.15, 0.2) is 0 Å². The number of aliphatic carboxylic acids is 1. The molecule has 4 aliphatic carbocycles. The van der Waals surface area contributed by atoms with Gasteiger partial charge in [0.05, 0.1) is 125 Å². The molecular formula is C102H117N17O15. The van der Waals surface area contributed by atoms with Gasteiger partial charge in [-0.05, 0) is 224 Å². The lowest BCUT2D eigenvalue weighted by Gasteiger charge is -2.37. The first-order valence-corrected chi connectivity index (χ1v) is 46.4. The van der Waals surface area contributed by atoms with Crippen LogP contribution in [0.3, 0.4) is 0 Å². The third-order valence-corrected chi connectivity index (χ3v) is 28.2. The number of nitrogens with one attached hydrogen (secondary N) is 7. The summed E-state index contributed by atoms with van der Waals surface area (Å²) in [6.45, 7) is 14.7. The minimum atomic E-state index is -1.07. The molecule has 4 aliphatic heterocycles. The molecule has 12 atom stereocenters. The number of H-pyrrole nitrogens is 4. The minimum absolute atomic E-state index is 0.0626. The summed E-state index contributed by atoms with van der Waals surface area (Å²) in [6.07, 6.45) is 17.6. The summed E-state index contributed by atoms with van der Waals surface area (Å²) in [5.74, 6) is 0.646. The van der Waals surface area contributed by atoms with Gasteiger partial charge < -0.3 is 79.4 Å². The minimum Gasteiger partial charge on any atom is -0.481 e. The van der Waals surface area contributed by atoms with Gasteiger partial charge in [0.2, 0.25) is 17.7 Å². The van der Waals surface area contributed by atoms with E-state index in [4.69, 9.17) is 49.3 Å². The number of carboxylic acid groups (broad SMARTS) is 1. The number of aromatic amines is 4. The van der Waals surface area contributed by atoms with Crippen molar-refractivity contribution < 1.29 is 71.9 Å². The molecule has 6 aromatic carbocycles. The van der Waals surface area contributed by atoms with Gasteiger partial charge in [-0.1, -0.05) is 125 Å². The Bertz CT molecular complexity index is 6140. The molecular weight excluding hydrogens is 1700 g/mol. The molecule has 700 valence electrons. The molecule has 4 saturated carbocycles. The maximum Gasteiger partial charge on any atom is 0.410 e. The quantitative estimate of drug-likeness (QED) is 0.0195. The van der Waals surface area contributed by atoms with Crippen molar-refractivity contribution >= 4 is 75.6 Å². The predicted molar refractivity (Wildman–Crippen MR) is 498 cm³/mol. The number of amides is 7. The van der Waals surface area contributed by atoms with Crippen LogP contribution in [0.15, 0.2) is 146 Å². The van der Waals surface area contributed by atoms with Crippen molar-refractivity contribution in [3.05, 3.63) is 169 Å². The van der Waals surface area contributed by atoms with Gasteiger partial charge in [-0.3, -0.25) is 28.9 Å². The molecule has 8 aliphatic rings. The largest absolute Gasteiger partial charge is 0.481 e. The normalized spacial score (nSPS) is 21.0. The SMILES string of the molecule is COC(=O)C[C@@H](CCC#N)C(=O)O.COC(=O)N[C@@H](CCC#N)C(=O)N1CC2(CC2)C[C@H]1c1ncc(-c2ccc3cc(-c4ccc(-c5cnc([C@@H]6[C@H]7CC[C@H](C7)N6C(=O)[C@@H](NC(=O)OC)C(C)C)[nH]5)cc4)ccc3c2)[nH]1.COC(=O)N[C@H](C(=O)N1[C@@H]2CC[C@@H](C2)[C@H]1c1ncc(-c2ccc(-c3ccc4cc(-c5cnc([C@@H]6CC7(CC7)CN6C(=O)OC(C)(C)C)[nH]5)ccc4c3)cc2)[nH]1)C(C)C. The average molecular weight is 1820 g/mol. The molecule has 8 heterocycles. The van der Waals surface area contributed by atoms with Gasteiger partial charge in [0.1, 0.15) is 47.0 Å². The van der Waals surface area contributed by atoms with E-state index in [9.17, 15) is 48.4 Å². The number of nitriles is 2. The van der Waals surface area contributed by atoms with Crippen LogP contribution >= 0.6 is 0 Å². The number of imidazole rings is 4. The number of piperidine rings is 2. The Labute approximate surface area is 777 Å². The Morgan fingerprint density at radius 2 is 0.836 bits per heavy atom. The highest BCUT2D eigenvalue weighted by atomic mass is 16.6. The number of rotatable bonds is 25. The highest BCUT2D eigenvalue weighted by Crippen LogP contribution is 2.60. The second-order valence-corrected chi connectivity index (χ2v) is 38.9. The molecule has 2 spiro atoms. The zero-order valence-electron chi connectivity index (χ0n) is 77.5. The monoisotopic (exact) mass is 1820 g/mol. The molecule has 18 rings (SSSR count). The van der Waals surface area contributed by atoms with Crippen molar-refractivity contribution in [3.63, 3.8) is 0 Å². The van der Waals surface area contributed by atoms with Gasteiger partial charge in [0.25, 0.3) is 0 Å². The number of carbonyl (C=O) groups excluding carboxylic acids is 8. The van der Waals surface area contributed by atoms with Gasteiger partial charge >= 0.3 is 36.3 Å². The van der Waals surface area contributed by atoms with Crippen LogP contribution in [0, 0.1) is 63.1 Å². The van der Waals surface area contributed by atoms with Crippen LogP contribution in [0.1, 0.15) is 205 Å². The smallest absolute Gasteiger partial charge is 0.410 e. The van der Waals surface area contributed by atoms with E-state index in [1.165, 1.54) is 28.4 Å². The summed E-state index contributed by atoms with van der Waals surface area (Å²) in [4.78, 5) is 154. The third kappa shape index (κ3) is 20.2. The lowest BCUT2D eigenvalue weighted by molar-refractivity contribution is -0.150. The predicted octanol–water partition coefficient (Wildman–Crippen LogP) is 17.5. The van der Waals surface area contributed by atoms with E-state index in [1.54, 1.807) is 0 Å². The lowest BCUT2D eigenvalue weighted by atomic mass is 9.95. The molecule has 32 heteroatoms. The molecule has 134 heavy (non-hydrogen) atoms. The lowest BCUT2D eigenvalue weighted by Crippen LogP contribution is -2.54. The first-order valence-electron chi connectivity index (χ1n) is 46.4. The summed E-state index contributed by atoms with van der Waals surface area (Å²) >= 11 is 0. The third-order valence-electron chi connectivity index (χ3n) is 28.2. The maximum atomic E-state index is 14.0. The van der Waals surface area contributed by atoms with E-state index in [0.29, 0.717) is 24.2 Å². The number of carbonyl (C=O) groups is 9. The summed E-state index contributed by atoms with van der Waals surface area (Å²) < 4.78 is 24.5. The Morgan fingerprint density at radius 3 is 1.23 bits per heavy atom. The topological polar surface area (TPSA) is 431 Å². The number of esters is 1. The average Bonchev–Trinajstić information content (AvgIpc) is 1.58. The molecule has 4 saturated heterocycles. The molecule has 0 unspecified atom stereocenters. The number of likely N-dealkylation sites (tertiary alicyclic amines) is 4. The van der Waals surface area contributed by atoms with Crippen molar-refractivity contribution in [2.75, 3.05) is 41.5 Å². The number of hydrogen-bond donors (Lipinski definition) is 8. The fourth-order valence-corrected chi connectivity index (χ4v) is 20.6. The highest BCUT2D eigenvalue weighted by molar-refractivity contribution is 5.94. The van der Waals surface area contributed by atoms with E-state index < -0.39 is 59.9 Å². The van der Waals surface area contributed by atoms with Crippen LogP contribution in [0.25, 0.3) is 88.8 Å². The number of ether oxygens (including phenoxy) is 5. The fourth-order valence-electron chi connectivity index (χ4n) is 20.6. The van der Waals surface area contributed by atoms with Crippen molar-refractivity contribution in [1.29, 1.82) is 10.5 Å². The van der Waals surface area contributed by atoms with Crippen LogP contribution in [0.4, 0.5) is 19.2 Å². The highest BCUT2D eigenvalue weighted by Gasteiger charge is 2.58. The molecule has 32 nitrogen and oxygen atoms in total. The summed E-state index contributed by atoms with van der Waals surface area (Å²) in [5, 5.41) is 38.7. The van der Waals surface area contributed by atoms with Crippen molar-refractivity contribution in [2.45, 2.75) is 218 Å². The Balaban J connectivity index is 0.000000172. The summed E-state index contributed by atoms with van der Waals surface area (Å²) in [6, 6.07) is 43.8. The Hall–Kier alpha value is -13.9. The first-order chi connectivity index (χ1) is 64.4. The van der Waals surface area contributed by atoms with E-state index in [1.807, 2.05) is 98.9 Å². The number of carboxylic acids is 1. The summed E-state index contributed by atoms with van der Waals surface area (Å²) in [7, 11) is 5.07. The van der Waals surface area contributed by atoms with E-state index in [2.05, 4.69) is 168 Å². The number of benzene rings is 6. The first kappa shape index (κ1) is 93.3. The zero-order chi connectivity index (χ0) is 94.8. The van der Waals surface area contributed by atoms with E-state index in [-0.39, 0.29) is 115 Å². The van der Waals surface area contributed by atoms with Crippen LogP contribution in [-0.2, 0) is 47.7 Å². The Morgan fingerprint density at radius 1 is 0.470 bits per heavy atom. The summed E-state index contributed by atoms with van der Waals surface area (Å²) in [5.41, 5.74) is 11.7. The van der Waals surface area contributed by atoms with Crippen molar-refractivity contribution in [2.24, 2.45) is 40.4 Å². The molecule has 10 aromatic rings. The van der Waals surface area contributed by atoms with Crippen LogP contribution < -0.4 is 16.0 Å². The van der Waals surface area contributed by atoms with Crippen molar-refractivity contribution in [1.82, 2.24) is 75.4 Å². The number of hydrogen-bond acceptors (Lipinski definition) is 20. The second kappa shape index (κ2) is 39.1. The molecule has 7 amide bonds. The van der Waals surface area contributed by atoms with Crippen LogP contribution in [0.5, 0.6) is 0 Å². The van der Waals surface area contributed by atoms with E-state index >= 15 is 0 Å². The molecule has 4 bridgehead atoms. The van der Waals surface area contributed by atoms with Crippen LogP contribution in [-0.4, -0.2) is 196 Å².